The van der Waals surface area contributed by atoms with Gasteiger partial charge in [0, 0.05) is 24.6 Å². The molecule has 26 heavy (non-hydrogen) atoms. The summed E-state index contributed by atoms with van der Waals surface area (Å²) in [4.78, 5) is 17.1. The van der Waals surface area contributed by atoms with Crippen molar-refractivity contribution < 1.29 is 14.3 Å². The molecule has 1 aliphatic heterocycles. The van der Waals surface area contributed by atoms with Crippen LogP contribution < -0.4 is 20.1 Å². The lowest BCUT2D eigenvalue weighted by Crippen LogP contribution is -2.27. The maximum absolute atomic E-state index is 12.6. The number of benzene rings is 1. The predicted molar refractivity (Wildman–Crippen MR) is 101 cm³/mol. The summed E-state index contributed by atoms with van der Waals surface area (Å²) in [5.74, 6) is 2.36. The minimum absolute atomic E-state index is 0. The number of nitrogens with zero attached hydrogens (tertiary/aromatic N) is 3. The molecule has 1 aromatic heterocycles. The third-order valence-electron chi connectivity index (χ3n) is 4.32. The summed E-state index contributed by atoms with van der Waals surface area (Å²) in [5.41, 5.74) is 0.433. The number of halogens is 1. The molecule has 1 saturated heterocycles. The SMILES string of the molecule is COc1cc(OC)cc(C(=O)Nc2nc(C3CCNCC3)nn2C)c1.Cl. The third-order valence-corrected chi connectivity index (χ3v) is 4.32. The van der Waals surface area contributed by atoms with E-state index in [2.05, 4.69) is 20.7 Å². The fourth-order valence-corrected chi connectivity index (χ4v) is 2.88. The number of hydrogen-bond acceptors (Lipinski definition) is 6. The summed E-state index contributed by atoms with van der Waals surface area (Å²) in [6.07, 6.45) is 2.01. The van der Waals surface area contributed by atoms with E-state index in [1.54, 1.807) is 44.1 Å². The molecule has 3 rings (SSSR count). The molecule has 0 aliphatic carbocycles. The van der Waals surface area contributed by atoms with E-state index in [-0.39, 0.29) is 18.3 Å². The second-order valence-electron chi connectivity index (χ2n) is 6.00. The molecule has 0 bridgehead atoms. The van der Waals surface area contributed by atoms with Gasteiger partial charge in [-0.15, -0.1) is 12.4 Å². The monoisotopic (exact) mass is 381 g/mol. The molecule has 0 spiro atoms. The Bertz CT molecular complexity index is 737. The minimum Gasteiger partial charge on any atom is -0.497 e. The molecule has 2 heterocycles. The summed E-state index contributed by atoms with van der Waals surface area (Å²) < 4.78 is 12.0. The lowest BCUT2D eigenvalue weighted by molar-refractivity contribution is 0.102. The average molecular weight is 382 g/mol. The molecule has 0 radical (unpaired) electrons. The number of carbonyl (C=O) groups excluding carboxylic acids is 1. The lowest BCUT2D eigenvalue weighted by atomic mass is 9.98. The first kappa shape index (κ1) is 20.0. The van der Waals surface area contributed by atoms with Gasteiger partial charge in [0.25, 0.3) is 5.91 Å². The van der Waals surface area contributed by atoms with Gasteiger partial charge in [-0.3, -0.25) is 10.1 Å². The van der Waals surface area contributed by atoms with Crippen molar-refractivity contribution in [2.45, 2.75) is 18.8 Å². The zero-order valence-electron chi connectivity index (χ0n) is 15.1. The van der Waals surface area contributed by atoms with E-state index >= 15 is 0 Å². The molecule has 2 N–H and O–H groups in total. The molecular weight excluding hydrogens is 358 g/mol. The van der Waals surface area contributed by atoms with Gasteiger partial charge in [0.1, 0.15) is 11.5 Å². The maximum Gasteiger partial charge on any atom is 0.258 e. The maximum atomic E-state index is 12.6. The van der Waals surface area contributed by atoms with E-state index in [4.69, 9.17) is 9.47 Å². The standard InChI is InChI=1S/C17H23N5O3.ClH/c1-22-17(19-15(21-22)11-4-6-18-7-5-11)20-16(23)12-8-13(24-2)10-14(9-12)25-3;/h8-11,18H,4-7H2,1-3H3,(H,19,20,21,23);1H. The van der Waals surface area contributed by atoms with Gasteiger partial charge in [0.05, 0.1) is 14.2 Å². The lowest BCUT2D eigenvalue weighted by Gasteiger charge is -2.19. The van der Waals surface area contributed by atoms with E-state index in [0.717, 1.165) is 31.8 Å². The van der Waals surface area contributed by atoms with E-state index in [1.807, 2.05) is 0 Å². The highest BCUT2D eigenvalue weighted by Gasteiger charge is 2.21. The molecule has 1 amide bonds. The quantitative estimate of drug-likeness (QED) is 0.823. The fraction of sp³-hybridized carbons (Fsp3) is 0.471. The highest BCUT2D eigenvalue weighted by molar-refractivity contribution is 6.03. The molecule has 9 heteroatoms. The number of amides is 1. The summed E-state index contributed by atoms with van der Waals surface area (Å²) in [6.45, 7) is 1.93. The number of aryl methyl sites for hydroxylation is 1. The zero-order chi connectivity index (χ0) is 17.8. The summed E-state index contributed by atoms with van der Waals surface area (Å²) in [5, 5.41) is 10.6. The van der Waals surface area contributed by atoms with Gasteiger partial charge in [-0.2, -0.15) is 10.1 Å². The van der Waals surface area contributed by atoms with Crippen molar-refractivity contribution in [3.63, 3.8) is 0 Å². The molecule has 8 nitrogen and oxygen atoms in total. The first-order valence-electron chi connectivity index (χ1n) is 8.26. The molecule has 0 saturated carbocycles. The Hall–Kier alpha value is -2.32. The van der Waals surface area contributed by atoms with Crippen molar-refractivity contribution in [2.75, 3.05) is 32.6 Å². The van der Waals surface area contributed by atoms with Crippen LogP contribution in [0.1, 0.15) is 34.9 Å². The van der Waals surface area contributed by atoms with Gasteiger partial charge in [0.2, 0.25) is 5.95 Å². The summed E-state index contributed by atoms with van der Waals surface area (Å²) in [6, 6.07) is 5.03. The smallest absolute Gasteiger partial charge is 0.258 e. The second-order valence-corrected chi connectivity index (χ2v) is 6.00. The van der Waals surface area contributed by atoms with Gasteiger partial charge in [-0.25, -0.2) is 4.68 Å². The van der Waals surface area contributed by atoms with Crippen LogP contribution in [0.5, 0.6) is 11.5 Å². The predicted octanol–water partition coefficient (Wildman–Crippen LogP) is 1.97. The normalized spacial score (nSPS) is 14.4. The van der Waals surface area contributed by atoms with Gasteiger partial charge in [-0.1, -0.05) is 0 Å². The molecule has 1 fully saturated rings. The Kier molecular flexibility index (Phi) is 6.82. The van der Waals surface area contributed by atoms with Crippen molar-refractivity contribution >= 4 is 24.3 Å². The minimum atomic E-state index is -0.287. The van der Waals surface area contributed by atoms with E-state index in [9.17, 15) is 4.79 Å². The number of hydrogen-bond donors (Lipinski definition) is 2. The van der Waals surface area contributed by atoms with Crippen LogP contribution in [0.2, 0.25) is 0 Å². The zero-order valence-corrected chi connectivity index (χ0v) is 15.9. The Morgan fingerprint density at radius 2 is 1.81 bits per heavy atom. The van der Waals surface area contributed by atoms with E-state index in [1.165, 1.54) is 0 Å². The van der Waals surface area contributed by atoms with Gasteiger partial charge in [-0.05, 0) is 38.1 Å². The van der Waals surface area contributed by atoms with Gasteiger partial charge in [0.15, 0.2) is 5.82 Å². The fourth-order valence-electron chi connectivity index (χ4n) is 2.88. The average Bonchev–Trinajstić information content (AvgIpc) is 3.02. The van der Waals surface area contributed by atoms with Crippen LogP contribution in [0.3, 0.4) is 0 Å². The number of piperidine rings is 1. The number of methoxy groups -OCH3 is 2. The van der Waals surface area contributed by atoms with Crippen molar-refractivity contribution in [1.82, 2.24) is 20.1 Å². The third kappa shape index (κ3) is 4.44. The van der Waals surface area contributed by atoms with Gasteiger partial charge < -0.3 is 14.8 Å². The second kappa shape index (κ2) is 8.86. The number of ether oxygens (including phenoxy) is 2. The first-order valence-corrected chi connectivity index (χ1v) is 8.26. The molecule has 142 valence electrons. The summed E-state index contributed by atoms with van der Waals surface area (Å²) >= 11 is 0. The Morgan fingerprint density at radius 3 is 2.38 bits per heavy atom. The van der Waals surface area contributed by atoms with Crippen molar-refractivity contribution in [2.24, 2.45) is 7.05 Å². The first-order chi connectivity index (χ1) is 12.1. The molecule has 1 aromatic carbocycles. The molecular formula is C17H24ClN5O3. The van der Waals surface area contributed by atoms with E-state index < -0.39 is 0 Å². The van der Waals surface area contributed by atoms with Crippen molar-refractivity contribution in [3.05, 3.63) is 29.6 Å². The van der Waals surface area contributed by atoms with Gasteiger partial charge >= 0.3 is 0 Å². The van der Waals surface area contributed by atoms with Crippen LogP contribution >= 0.6 is 12.4 Å². The largest absolute Gasteiger partial charge is 0.497 e. The number of rotatable bonds is 5. The topological polar surface area (TPSA) is 90.3 Å². The summed E-state index contributed by atoms with van der Waals surface area (Å²) in [7, 11) is 4.87. The Labute approximate surface area is 158 Å². The van der Waals surface area contributed by atoms with Crippen LogP contribution in [0.25, 0.3) is 0 Å². The highest BCUT2D eigenvalue weighted by atomic mass is 35.5. The van der Waals surface area contributed by atoms with Crippen LogP contribution in [0.15, 0.2) is 18.2 Å². The Balaban J connectivity index is 0.00000243. The molecule has 1 aliphatic rings. The van der Waals surface area contributed by atoms with Crippen LogP contribution in [0, 0.1) is 0 Å². The number of nitrogens with one attached hydrogen (secondary N) is 2. The molecule has 2 aromatic rings. The molecule has 0 unspecified atom stereocenters. The van der Waals surface area contributed by atoms with Crippen LogP contribution in [0.4, 0.5) is 5.95 Å². The number of aromatic nitrogens is 3. The van der Waals surface area contributed by atoms with Crippen LogP contribution in [-0.2, 0) is 7.05 Å². The van der Waals surface area contributed by atoms with E-state index in [0.29, 0.717) is 28.9 Å². The molecule has 0 atom stereocenters. The number of carbonyl (C=O) groups is 1. The number of anilines is 1. The highest BCUT2D eigenvalue weighted by Crippen LogP contribution is 2.25. The Morgan fingerprint density at radius 1 is 1.19 bits per heavy atom. The van der Waals surface area contributed by atoms with Crippen LogP contribution in [-0.4, -0.2) is 48.0 Å². The van der Waals surface area contributed by atoms with Crippen molar-refractivity contribution in [3.8, 4) is 11.5 Å². The van der Waals surface area contributed by atoms with Crippen molar-refractivity contribution in [1.29, 1.82) is 0 Å².